The zero-order chi connectivity index (χ0) is 14.2. The van der Waals surface area contributed by atoms with E-state index in [0.717, 1.165) is 16.6 Å². The smallest absolute Gasteiger partial charge is 0.304 e. The maximum atomic E-state index is 10.9. The van der Waals surface area contributed by atoms with Gasteiger partial charge < -0.3 is 14.8 Å². The molecule has 2 N–H and O–H groups in total. The first kappa shape index (κ1) is 13.5. The van der Waals surface area contributed by atoms with Crippen LogP contribution in [0.15, 0.2) is 24.3 Å². The third-order valence-corrected chi connectivity index (χ3v) is 3.35. The highest BCUT2D eigenvalue weighted by atomic mass is 16.4. The average molecular weight is 261 g/mol. The molecule has 0 radical (unpaired) electrons. The number of phenolic OH excluding ortho intramolecular Hbond substituents is 1. The maximum absolute atomic E-state index is 10.9. The molecular formula is C15H19NO3. The molecule has 0 aliphatic carbocycles. The zero-order valence-electron chi connectivity index (χ0n) is 11.4. The van der Waals surface area contributed by atoms with Gasteiger partial charge >= 0.3 is 5.97 Å². The van der Waals surface area contributed by atoms with Gasteiger partial charge in [0.15, 0.2) is 0 Å². The summed E-state index contributed by atoms with van der Waals surface area (Å²) in [6.07, 6.45) is 0.106. The number of carboxylic acids is 1. The Morgan fingerprint density at radius 1 is 1.26 bits per heavy atom. The number of carbonyl (C=O) groups is 1. The predicted octanol–water partition coefficient (Wildman–Crippen LogP) is 3.51. The molecule has 0 bridgehead atoms. The number of aliphatic carboxylic acids is 1. The first-order valence-electron chi connectivity index (χ1n) is 6.45. The van der Waals surface area contributed by atoms with Crippen molar-refractivity contribution < 1.29 is 15.0 Å². The van der Waals surface area contributed by atoms with E-state index in [1.807, 2.05) is 19.1 Å². The summed E-state index contributed by atoms with van der Waals surface area (Å²) in [5, 5.41) is 19.4. The van der Waals surface area contributed by atoms with Gasteiger partial charge in [-0.15, -0.1) is 0 Å². The van der Waals surface area contributed by atoms with Gasteiger partial charge in [-0.3, -0.25) is 4.79 Å². The minimum absolute atomic E-state index is 0.0607. The molecule has 0 spiro atoms. The minimum Gasteiger partial charge on any atom is -0.508 e. The number of phenols is 1. The quantitative estimate of drug-likeness (QED) is 0.885. The van der Waals surface area contributed by atoms with Gasteiger partial charge in [0.2, 0.25) is 0 Å². The Bertz CT molecular complexity index is 613. The van der Waals surface area contributed by atoms with Crippen LogP contribution in [0, 0.1) is 0 Å². The van der Waals surface area contributed by atoms with Crippen LogP contribution >= 0.6 is 0 Å². The molecule has 2 aromatic rings. The van der Waals surface area contributed by atoms with E-state index < -0.39 is 5.97 Å². The number of nitrogens with zero attached hydrogens (tertiary/aromatic N) is 1. The number of fused-ring (bicyclic) bond motifs is 1. The molecule has 0 fully saturated rings. The van der Waals surface area contributed by atoms with Crippen molar-refractivity contribution in [3.63, 3.8) is 0 Å². The molecule has 1 heterocycles. The molecule has 1 aromatic heterocycles. The van der Waals surface area contributed by atoms with E-state index in [9.17, 15) is 9.90 Å². The molecule has 0 amide bonds. The molecule has 0 saturated carbocycles. The van der Waals surface area contributed by atoms with Crippen LogP contribution in [0.25, 0.3) is 10.9 Å². The standard InChI is InChI=1S/C15H19NO3/c1-9(2)16-13-5-4-12(17)7-11(13)8-14(16)10(3)6-15(18)19/h4-5,7-10,17H,6H2,1-3H3,(H,18,19). The lowest BCUT2D eigenvalue weighted by atomic mass is 10.0. The van der Waals surface area contributed by atoms with Crippen molar-refractivity contribution in [2.24, 2.45) is 0 Å². The maximum Gasteiger partial charge on any atom is 0.304 e. The number of carboxylic acid groups (broad SMARTS) is 1. The van der Waals surface area contributed by atoms with E-state index in [0.29, 0.717) is 0 Å². The van der Waals surface area contributed by atoms with Crippen LogP contribution in [-0.4, -0.2) is 20.7 Å². The van der Waals surface area contributed by atoms with Crippen LogP contribution < -0.4 is 0 Å². The van der Waals surface area contributed by atoms with Gasteiger partial charge in [-0.05, 0) is 38.1 Å². The van der Waals surface area contributed by atoms with Gasteiger partial charge in [0, 0.05) is 28.6 Å². The number of hydrogen-bond donors (Lipinski definition) is 2. The fourth-order valence-electron chi connectivity index (χ4n) is 2.57. The number of aromatic hydroxyl groups is 1. The van der Waals surface area contributed by atoms with Crippen LogP contribution in [-0.2, 0) is 4.79 Å². The Morgan fingerprint density at radius 3 is 2.53 bits per heavy atom. The first-order chi connectivity index (χ1) is 8.90. The molecule has 1 atom stereocenters. The highest BCUT2D eigenvalue weighted by Crippen LogP contribution is 2.32. The molecule has 0 aliphatic heterocycles. The lowest BCUT2D eigenvalue weighted by Crippen LogP contribution is -2.11. The van der Waals surface area contributed by atoms with E-state index in [1.54, 1.807) is 12.1 Å². The topological polar surface area (TPSA) is 62.5 Å². The summed E-state index contributed by atoms with van der Waals surface area (Å²) in [6, 6.07) is 7.47. The fraction of sp³-hybridized carbons (Fsp3) is 0.400. The van der Waals surface area contributed by atoms with Crippen molar-refractivity contribution in [1.82, 2.24) is 4.57 Å². The van der Waals surface area contributed by atoms with Gasteiger partial charge in [0.25, 0.3) is 0 Å². The summed E-state index contributed by atoms with van der Waals surface area (Å²) < 4.78 is 2.14. The van der Waals surface area contributed by atoms with Crippen LogP contribution in [0.2, 0.25) is 0 Å². The molecule has 1 aromatic carbocycles. The molecule has 1 unspecified atom stereocenters. The summed E-state index contributed by atoms with van der Waals surface area (Å²) in [5.41, 5.74) is 2.03. The van der Waals surface area contributed by atoms with Crippen LogP contribution in [0.4, 0.5) is 0 Å². The molecule has 102 valence electrons. The van der Waals surface area contributed by atoms with E-state index in [1.165, 1.54) is 0 Å². The van der Waals surface area contributed by atoms with E-state index in [2.05, 4.69) is 18.4 Å². The molecule has 0 saturated heterocycles. The second-order valence-corrected chi connectivity index (χ2v) is 5.27. The SMILES string of the molecule is CC(CC(=O)O)c1cc2cc(O)ccc2n1C(C)C. The van der Waals surface area contributed by atoms with Gasteiger partial charge in [-0.2, -0.15) is 0 Å². The van der Waals surface area contributed by atoms with Crippen molar-refractivity contribution in [2.45, 2.75) is 39.2 Å². The lowest BCUT2D eigenvalue weighted by molar-refractivity contribution is -0.137. The summed E-state index contributed by atoms with van der Waals surface area (Å²) in [6.45, 7) is 6.06. The first-order valence-corrected chi connectivity index (χ1v) is 6.45. The second-order valence-electron chi connectivity index (χ2n) is 5.27. The second kappa shape index (κ2) is 4.96. The van der Waals surface area contributed by atoms with E-state index >= 15 is 0 Å². The highest BCUT2D eigenvalue weighted by molar-refractivity contribution is 5.83. The summed E-state index contributed by atoms with van der Waals surface area (Å²) in [5.74, 6) is -0.629. The van der Waals surface area contributed by atoms with Gasteiger partial charge in [0.1, 0.15) is 5.75 Å². The van der Waals surface area contributed by atoms with Crippen molar-refractivity contribution in [3.8, 4) is 5.75 Å². The van der Waals surface area contributed by atoms with Gasteiger partial charge in [-0.25, -0.2) is 0 Å². The van der Waals surface area contributed by atoms with Crippen LogP contribution in [0.3, 0.4) is 0 Å². The fourth-order valence-corrected chi connectivity index (χ4v) is 2.57. The molecule has 19 heavy (non-hydrogen) atoms. The summed E-state index contributed by atoms with van der Waals surface area (Å²) in [4.78, 5) is 10.9. The molecule has 0 aliphatic rings. The predicted molar refractivity (Wildman–Crippen MR) is 74.7 cm³/mol. The van der Waals surface area contributed by atoms with E-state index in [4.69, 9.17) is 5.11 Å². The average Bonchev–Trinajstić information content (AvgIpc) is 2.66. The molecule has 2 rings (SSSR count). The van der Waals surface area contributed by atoms with E-state index in [-0.39, 0.29) is 24.1 Å². The van der Waals surface area contributed by atoms with Crippen molar-refractivity contribution >= 4 is 16.9 Å². The number of benzene rings is 1. The van der Waals surface area contributed by atoms with Crippen molar-refractivity contribution in [3.05, 3.63) is 30.0 Å². The van der Waals surface area contributed by atoms with Crippen LogP contribution in [0.1, 0.15) is 44.8 Å². The zero-order valence-corrected chi connectivity index (χ0v) is 11.4. The Balaban J connectivity index is 2.59. The number of rotatable bonds is 4. The normalized spacial score (nSPS) is 13.1. The van der Waals surface area contributed by atoms with Crippen LogP contribution in [0.5, 0.6) is 5.75 Å². The Hall–Kier alpha value is -1.97. The number of aromatic nitrogens is 1. The largest absolute Gasteiger partial charge is 0.508 e. The third-order valence-electron chi connectivity index (χ3n) is 3.35. The Labute approximate surface area is 112 Å². The van der Waals surface area contributed by atoms with Crippen molar-refractivity contribution in [2.75, 3.05) is 0 Å². The number of hydrogen-bond acceptors (Lipinski definition) is 2. The molecule has 4 nitrogen and oxygen atoms in total. The third kappa shape index (κ3) is 2.57. The highest BCUT2D eigenvalue weighted by Gasteiger charge is 2.18. The lowest BCUT2D eigenvalue weighted by Gasteiger charge is -2.18. The Morgan fingerprint density at radius 2 is 1.95 bits per heavy atom. The Kier molecular flexibility index (Phi) is 3.51. The molecule has 4 heteroatoms. The van der Waals surface area contributed by atoms with Gasteiger partial charge in [0.05, 0.1) is 6.42 Å². The van der Waals surface area contributed by atoms with Gasteiger partial charge in [-0.1, -0.05) is 6.92 Å². The minimum atomic E-state index is -0.795. The summed E-state index contributed by atoms with van der Waals surface area (Å²) >= 11 is 0. The summed E-state index contributed by atoms with van der Waals surface area (Å²) in [7, 11) is 0. The van der Waals surface area contributed by atoms with Crippen molar-refractivity contribution in [1.29, 1.82) is 0 Å². The molecular weight excluding hydrogens is 242 g/mol. The monoisotopic (exact) mass is 261 g/mol.